The average molecular weight is 329 g/mol. The van der Waals surface area contributed by atoms with Crippen LogP contribution in [0.15, 0.2) is 36.7 Å². The van der Waals surface area contributed by atoms with Gasteiger partial charge in [0.2, 0.25) is 0 Å². The molecular weight excluding hydrogens is 306 g/mol. The van der Waals surface area contributed by atoms with Gasteiger partial charge in [-0.05, 0) is 43.5 Å². The molecule has 1 atom stereocenters. The first kappa shape index (κ1) is 16.5. The highest BCUT2D eigenvalue weighted by atomic mass is 16.5. The van der Waals surface area contributed by atoms with E-state index in [2.05, 4.69) is 10.3 Å². The number of carbonyl (C=O) groups is 1. The van der Waals surface area contributed by atoms with Gasteiger partial charge in [-0.3, -0.25) is 4.79 Å². The third-order valence-corrected chi connectivity index (χ3v) is 4.18. The summed E-state index contributed by atoms with van der Waals surface area (Å²) < 4.78 is 13.1. The van der Waals surface area contributed by atoms with E-state index in [1.807, 2.05) is 17.8 Å². The molecule has 1 aromatic carbocycles. The van der Waals surface area contributed by atoms with Crippen LogP contribution in [0.5, 0.6) is 5.75 Å². The molecule has 1 fully saturated rings. The summed E-state index contributed by atoms with van der Waals surface area (Å²) in [6.07, 6.45) is 7.01. The van der Waals surface area contributed by atoms with Gasteiger partial charge in [-0.15, -0.1) is 0 Å². The number of aromatic nitrogens is 2. The molecule has 1 amide bonds. The van der Waals surface area contributed by atoms with Gasteiger partial charge >= 0.3 is 0 Å². The highest BCUT2D eigenvalue weighted by molar-refractivity contribution is 5.94. The first-order chi connectivity index (χ1) is 11.7. The fraction of sp³-hybridized carbons (Fsp3) is 0.444. The monoisotopic (exact) mass is 329 g/mol. The molecule has 1 aliphatic rings. The second kappa shape index (κ2) is 7.97. The van der Waals surface area contributed by atoms with Crippen LogP contribution in [-0.4, -0.2) is 34.7 Å². The molecule has 24 heavy (non-hydrogen) atoms. The number of carbonyl (C=O) groups excluding carboxylic acids is 1. The summed E-state index contributed by atoms with van der Waals surface area (Å²) >= 11 is 0. The van der Waals surface area contributed by atoms with E-state index in [4.69, 9.17) is 9.47 Å². The van der Waals surface area contributed by atoms with Crippen LogP contribution in [0.3, 0.4) is 0 Å². The molecule has 3 rings (SSSR count). The molecule has 1 aromatic heterocycles. The Labute approximate surface area is 141 Å². The molecule has 0 spiro atoms. The molecule has 1 aliphatic heterocycles. The number of aryl methyl sites for hydroxylation is 1. The third kappa shape index (κ3) is 4.35. The molecule has 128 valence electrons. The lowest BCUT2D eigenvalue weighted by molar-refractivity contribution is 0.0907. The van der Waals surface area contributed by atoms with Crippen LogP contribution in [0, 0.1) is 0 Å². The van der Waals surface area contributed by atoms with Crippen molar-refractivity contribution in [3.63, 3.8) is 0 Å². The molecule has 2 heterocycles. The first-order valence-corrected chi connectivity index (χ1v) is 8.31. The molecule has 6 heteroatoms. The Hall–Kier alpha value is -2.34. The maximum absolute atomic E-state index is 12.1. The number of imidazole rings is 1. The van der Waals surface area contributed by atoms with Gasteiger partial charge < -0.3 is 19.4 Å². The second-order valence-corrected chi connectivity index (χ2v) is 5.95. The number of amides is 1. The van der Waals surface area contributed by atoms with Gasteiger partial charge in [0.15, 0.2) is 0 Å². The molecule has 0 aliphatic carbocycles. The van der Waals surface area contributed by atoms with E-state index in [1.165, 1.54) is 0 Å². The Kier molecular flexibility index (Phi) is 5.48. The van der Waals surface area contributed by atoms with Crippen molar-refractivity contribution < 1.29 is 14.3 Å². The number of nitrogens with one attached hydrogen (secondary N) is 1. The summed E-state index contributed by atoms with van der Waals surface area (Å²) in [5.74, 6) is 1.50. The predicted molar refractivity (Wildman–Crippen MR) is 89.9 cm³/mol. The van der Waals surface area contributed by atoms with Crippen molar-refractivity contribution in [1.29, 1.82) is 0 Å². The van der Waals surface area contributed by atoms with Gasteiger partial charge in [-0.2, -0.15) is 0 Å². The molecule has 2 aromatic rings. The molecule has 0 bridgehead atoms. The fourth-order valence-electron chi connectivity index (χ4n) is 2.71. The fourth-order valence-corrected chi connectivity index (χ4v) is 2.71. The SMILES string of the molecule is Cn1ccnc1COc1ccc(C(=O)NCCC2CCCO2)cc1. The van der Waals surface area contributed by atoms with Gasteiger partial charge in [0.1, 0.15) is 18.2 Å². The van der Waals surface area contributed by atoms with Crippen molar-refractivity contribution in [2.45, 2.75) is 32.0 Å². The van der Waals surface area contributed by atoms with Crippen LogP contribution < -0.4 is 10.1 Å². The van der Waals surface area contributed by atoms with Crippen molar-refractivity contribution >= 4 is 5.91 Å². The van der Waals surface area contributed by atoms with Gasteiger partial charge in [0.25, 0.3) is 5.91 Å². The Bertz CT molecular complexity index is 660. The summed E-state index contributed by atoms with van der Waals surface area (Å²) in [5.41, 5.74) is 0.631. The molecular formula is C18H23N3O3. The van der Waals surface area contributed by atoms with Crippen LogP contribution in [0.1, 0.15) is 35.4 Å². The standard InChI is InChI=1S/C18H23N3O3/c1-21-11-10-19-17(21)13-24-16-6-4-14(5-7-16)18(22)20-9-8-15-3-2-12-23-15/h4-7,10-11,15H,2-3,8-9,12-13H2,1H3,(H,20,22). The number of nitrogens with zero attached hydrogens (tertiary/aromatic N) is 2. The maximum atomic E-state index is 12.1. The van der Waals surface area contributed by atoms with Crippen molar-refractivity contribution in [2.24, 2.45) is 7.05 Å². The Morgan fingerprint density at radius 2 is 2.25 bits per heavy atom. The van der Waals surface area contributed by atoms with Gasteiger partial charge in [-0.1, -0.05) is 0 Å². The molecule has 6 nitrogen and oxygen atoms in total. The highest BCUT2D eigenvalue weighted by Crippen LogP contribution is 2.15. The smallest absolute Gasteiger partial charge is 0.251 e. The zero-order valence-corrected chi connectivity index (χ0v) is 13.9. The average Bonchev–Trinajstić information content (AvgIpc) is 3.25. The van der Waals surface area contributed by atoms with Gasteiger partial charge in [0, 0.05) is 38.2 Å². The minimum absolute atomic E-state index is 0.0661. The lowest BCUT2D eigenvalue weighted by Gasteiger charge is -2.10. The second-order valence-electron chi connectivity index (χ2n) is 5.95. The number of ether oxygens (including phenoxy) is 2. The van der Waals surface area contributed by atoms with Crippen LogP contribution in [0.4, 0.5) is 0 Å². The summed E-state index contributed by atoms with van der Waals surface area (Å²) in [4.78, 5) is 16.3. The molecule has 0 saturated carbocycles. The van der Waals surface area contributed by atoms with Crippen LogP contribution in [-0.2, 0) is 18.4 Å². The number of hydrogen-bond acceptors (Lipinski definition) is 4. The number of hydrogen-bond donors (Lipinski definition) is 1. The predicted octanol–water partition coefficient (Wildman–Crippen LogP) is 2.30. The lowest BCUT2D eigenvalue weighted by atomic mass is 10.1. The lowest BCUT2D eigenvalue weighted by Crippen LogP contribution is -2.26. The van der Waals surface area contributed by atoms with E-state index in [-0.39, 0.29) is 5.91 Å². The third-order valence-electron chi connectivity index (χ3n) is 4.18. The van der Waals surface area contributed by atoms with E-state index < -0.39 is 0 Å². The van der Waals surface area contributed by atoms with E-state index in [1.54, 1.807) is 30.5 Å². The quantitative estimate of drug-likeness (QED) is 0.846. The minimum Gasteiger partial charge on any atom is -0.486 e. The number of benzene rings is 1. The van der Waals surface area contributed by atoms with Crippen LogP contribution in [0.2, 0.25) is 0 Å². The Morgan fingerprint density at radius 1 is 1.42 bits per heavy atom. The first-order valence-electron chi connectivity index (χ1n) is 8.31. The maximum Gasteiger partial charge on any atom is 0.251 e. The minimum atomic E-state index is -0.0661. The summed E-state index contributed by atoms with van der Waals surface area (Å²) in [6, 6.07) is 7.15. The summed E-state index contributed by atoms with van der Waals surface area (Å²) in [6.45, 7) is 1.88. The van der Waals surface area contributed by atoms with Crippen molar-refractivity contribution in [2.75, 3.05) is 13.2 Å². The van der Waals surface area contributed by atoms with Crippen LogP contribution in [0.25, 0.3) is 0 Å². The molecule has 1 unspecified atom stereocenters. The molecule has 0 radical (unpaired) electrons. The topological polar surface area (TPSA) is 65.4 Å². The zero-order valence-electron chi connectivity index (χ0n) is 13.9. The van der Waals surface area contributed by atoms with E-state index in [0.29, 0.717) is 30.6 Å². The zero-order chi connectivity index (χ0) is 16.8. The van der Waals surface area contributed by atoms with Crippen molar-refractivity contribution in [3.8, 4) is 5.75 Å². The Balaban J connectivity index is 1.44. The van der Waals surface area contributed by atoms with Crippen molar-refractivity contribution in [1.82, 2.24) is 14.9 Å². The Morgan fingerprint density at radius 3 is 2.92 bits per heavy atom. The highest BCUT2D eigenvalue weighted by Gasteiger charge is 2.15. The van der Waals surface area contributed by atoms with Gasteiger partial charge in [-0.25, -0.2) is 4.98 Å². The summed E-state index contributed by atoms with van der Waals surface area (Å²) in [7, 11) is 1.93. The van der Waals surface area contributed by atoms with E-state index >= 15 is 0 Å². The molecule has 1 N–H and O–H groups in total. The van der Waals surface area contributed by atoms with Gasteiger partial charge in [0.05, 0.1) is 6.10 Å². The summed E-state index contributed by atoms with van der Waals surface area (Å²) in [5, 5.41) is 2.93. The molecule has 1 saturated heterocycles. The largest absolute Gasteiger partial charge is 0.486 e. The van der Waals surface area contributed by atoms with Crippen molar-refractivity contribution in [3.05, 3.63) is 48.0 Å². The van der Waals surface area contributed by atoms with Crippen LogP contribution >= 0.6 is 0 Å². The van der Waals surface area contributed by atoms with E-state index in [0.717, 1.165) is 31.7 Å². The normalized spacial score (nSPS) is 17.0. The number of rotatable bonds is 7. The van der Waals surface area contributed by atoms with E-state index in [9.17, 15) is 4.79 Å².